The van der Waals surface area contributed by atoms with Gasteiger partial charge in [0.15, 0.2) is 0 Å². The molecule has 0 fully saturated rings. The molecule has 0 radical (unpaired) electrons. The lowest BCUT2D eigenvalue weighted by Gasteiger charge is -2.32. The molecule has 5 nitrogen and oxygen atoms in total. The molecule has 0 aliphatic carbocycles. The quantitative estimate of drug-likeness (QED) is 0.169. The van der Waals surface area contributed by atoms with Crippen LogP contribution in [0.5, 0.6) is 11.5 Å². The first-order valence-corrected chi connectivity index (χ1v) is 18.2. The van der Waals surface area contributed by atoms with E-state index < -0.39 is 0 Å². The summed E-state index contributed by atoms with van der Waals surface area (Å²) < 4.78 is 10.9. The Balaban J connectivity index is 1.32. The number of ether oxygens (including phenoxy) is 1. The van der Waals surface area contributed by atoms with Gasteiger partial charge in [-0.05, 0) is 102 Å². The van der Waals surface area contributed by atoms with E-state index in [2.05, 4.69) is 159 Å². The van der Waals surface area contributed by atoms with Gasteiger partial charge in [-0.1, -0.05) is 97.9 Å². The Kier molecular flexibility index (Phi) is 8.65. The lowest BCUT2D eigenvalue weighted by molar-refractivity contribution is 0.228. The Labute approximate surface area is 302 Å². The molecular formula is C46H50N4O. The van der Waals surface area contributed by atoms with Gasteiger partial charge in [-0.2, -0.15) is 5.10 Å². The minimum absolute atomic E-state index is 0.00519. The van der Waals surface area contributed by atoms with Crippen LogP contribution in [0.3, 0.4) is 0 Å². The number of hydrogen-bond donors (Lipinski definition) is 0. The van der Waals surface area contributed by atoms with Crippen LogP contribution in [0, 0.1) is 25.2 Å². The summed E-state index contributed by atoms with van der Waals surface area (Å²) in [7, 11) is 0. The number of hydrogen-bond acceptors (Lipinski definition) is 3. The number of aryl methyl sites for hydroxylation is 1. The highest BCUT2D eigenvalue weighted by atomic mass is 16.5. The molecule has 0 bridgehead atoms. The third kappa shape index (κ3) is 6.46. The first-order chi connectivity index (χ1) is 24.2. The number of pyridine rings is 1. The molecule has 4 aromatic carbocycles. The molecule has 260 valence electrons. The molecule has 0 saturated heterocycles. The van der Waals surface area contributed by atoms with Crippen molar-refractivity contribution < 1.29 is 4.74 Å². The fraction of sp³-hybridized carbons (Fsp3) is 0.304. The van der Waals surface area contributed by atoms with Crippen LogP contribution in [0.2, 0.25) is 0 Å². The summed E-state index contributed by atoms with van der Waals surface area (Å²) in [5, 5.41) is 7.34. The highest BCUT2D eigenvalue weighted by molar-refractivity contribution is 6.09. The largest absolute Gasteiger partial charge is 0.457 e. The number of fused-ring (bicyclic) bond motifs is 3. The van der Waals surface area contributed by atoms with E-state index in [9.17, 15) is 0 Å². The van der Waals surface area contributed by atoms with Gasteiger partial charge in [-0.3, -0.25) is 4.57 Å². The first kappa shape index (κ1) is 34.3. The maximum Gasteiger partial charge on any atom is 0.137 e. The lowest BCUT2D eigenvalue weighted by atomic mass is 9.72. The van der Waals surface area contributed by atoms with E-state index >= 15 is 0 Å². The Morgan fingerprint density at radius 3 is 2.16 bits per heavy atom. The smallest absolute Gasteiger partial charge is 0.137 e. The summed E-state index contributed by atoms with van der Waals surface area (Å²) in [4.78, 5) is 4.92. The maximum atomic E-state index is 6.63. The van der Waals surface area contributed by atoms with E-state index in [-0.39, 0.29) is 10.8 Å². The van der Waals surface area contributed by atoms with Crippen molar-refractivity contribution in [2.45, 2.75) is 80.6 Å². The van der Waals surface area contributed by atoms with Crippen molar-refractivity contribution in [3.63, 3.8) is 0 Å². The molecule has 2 unspecified atom stereocenters. The Morgan fingerprint density at radius 1 is 0.686 bits per heavy atom. The minimum Gasteiger partial charge on any atom is -0.457 e. The van der Waals surface area contributed by atoms with Crippen molar-refractivity contribution in [1.82, 2.24) is 19.3 Å². The summed E-state index contributed by atoms with van der Waals surface area (Å²) in [5.74, 6) is 3.36. The molecule has 0 saturated carbocycles. The fourth-order valence-corrected chi connectivity index (χ4v) is 7.39. The van der Waals surface area contributed by atoms with Crippen molar-refractivity contribution >= 4 is 21.8 Å². The van der Waals surface area contributed by atoms with Gasteiger partial charge < -0.3 is 4.74 Å². The standard InChI is InChI=1S/C46H50N4O/c1-29(30(2)45(5,6)7)34-19-22-41-40(25-34)39-21-20-38(28-42(39)49(41)43-26-35(23-24-47-43)46(8,9)10)51-37-18-14-17-36(27-37)50-32(4)44(31(3)48-50)33-15-12-11-13-16-33/h11-30H,1-10H3. The van der Waals surface area contributed by atoms with Gasteiger partial charge in [0.2, 0.25) is 0 Å². The molecule has 7 rings (SSSR count). The van der Waals surface area contributed by atoms with Crippen LogP contribution in [0.4, 0.5) is 0 Å². The molecule has 2 atom stereocenters. The van der Waals surface area contributed by atoms with E-state index in [0.29, 0.717) is 11.8 Å². The van der Waals surface area contributed by atoms with E-state index in [4.69, 9.17) is 14.8 Å². The average molecular weight is 675 g/mol. The number of rotatable bonds is 7. The van der Waals surface area contributed by atoms with Crippen molar-refractivity contribution in [3.8, 4) is 34.1 Å². The molecule has 51 heavy (non-hydrogen) atoms. The zero-order valence-corrected chi connectivity index (χ0v) is 31.7. The maximum absolute atomic E-state index is 6.63. The molecular weight excluding hydrogens is 625 g/mol. The van der Waals surface area contributed by atoms with Gasteiger partial charge in [0, 0.05) is 40.4 Å². The molecule has 0 aliphatic rings. The van der Waals surface area contributed by atoms with Crippen LogP contribution in [-0.2, 0) is 5.41 Å². The Morgan fingerprint density at radius 2 is 1.43 bits per heavy atom. The summed E-state index contributed by atoms with van der Waals surface area (Å²) in [5.41, 5.74) is 10.4. The van der Waals surface area contributed by atoms with E-state index in [1.165, 1.54) is 27.5 Å². The Hall–Kier alpha value is -5.16. The molecule has 0 N–H and O–H groups in total. The van der Waals surface area contributed by atoms with Gasteiger partial charge in [0.05, 0.1) is 22.4 Å². The van der Waals surface area contributed by atoms with Crippen molar-refractivity contribution in [1.29, 1.82) is 0 Å². The van der Waals surface area contributed by atoms with Crippen LogP contribution < -0.4 is 4.74 Å². The molecule has 3 heterocycles. The monoisotopic (exact) mass is 674 g/mol. The second-order valence-corrected chi connectivity index (χ2v) is 16.3. The van der Waals surface area contributed by atoms with Gasteiger partial charge in [0.1, 0.15) is 17.3 Å². The summed E-state index contributed by atoms with van der Waals surface area (Å²) in [6, 6.07) is 36.4. The van der Waals surface area contributed by atoms with Crippen LogP contribution in [-0.4, -0.2) is 19.3 Å². The van der Waals surface area contributed by atoms with Gasteiger partial charge in [-0.15, -0.1) is 0 Å². The number of nitrogens with zero attached hydrogens (tertiary/aromatic N) is 4. The normalized spacial score (nSPS) is 13.5. The minimum atomic E-state index is -0.00519. The molecule has 0 amide bonds. The molecule has 7 aromatic rings. The highest BCUT2D eigenvalue weighted by Crippen LogP contribution is 2.41. The molecule has 0 aliphatic heterocycles. The summed E-state index contributed by atoms with van der Waals surface area (Å²) in [6.07, 6.45) is 1.93. The molecule has 3 aromatic heterocycles. The van der Waals surface area contributed by atoms with Crippen LogP contribution in [0.25, 0.3) is 44.4 Å². The molecule has 5 heteroatoms. The predicted octanol–water partition coefficient (Wildman–Crippen LogP) is 12.5. The third-order valence-corrected chi connectivity index (χ3v) is 10.9. The predicted molar refractivity (Wildman–Crippen MR) is 213 cm³/mol. The highest BCUT2D eigenvalue weighted by Gasteiger charge is 2.27. The number of benzene rings is 4. The summed E-state index contributed by atoms with van der Waals surface area (Å²) in [6.45, 7) is 22.7. The zero-order chi connectivity index (χ0) is 36.2. The van der Waals surface area contributed by atoms with Crippen molar-refractivity contribution in [2.75, 3.05) is 0 Å². The van der Waals surface area contributed by atoms with E-state index in [1.54, 1.807) is 0 Å². The zero-order valence-electron chi connectivity index (χ0n) is 31.7. The second-order valence-electron chi connectivity index (χ2n) is 16.3. The summed E-state index contributed by atoms with van der Waals surface area (Å²) >= 11 is 0. The van der Waals surface area contributed by atoms with Crippen molar-refractivity contribution in [3.05, 3.63) is 132 Å². The SMILES string of the molecule is Cc1nn(-c2cccc(Oc3ccc4c5cc(C(C)C(C)C(C)(C)C)ccc5n(-c5cc(C(C)(C)C)ccn5)c4c3)c2)c(C)c1-c1ccccc1. The third-order valence-electron chi connectivity index (χ3n) is 10.9. The van der Waals surface area contributed by atoms with E-state index in [0.717, 1.165) is 51.0 Å². The van der Waals surface area contributed by atoms with Crippen LogP contribution in [0.15, 0.2) is 109 Å². The Bertz CT molecular complexity index is 2370. The van der Waals surface area contributed by atoms with Gasteiger partial charge in [-0.25, -0.2) is 9.67 Å². The van der Waals surface area contributed by atoms with Crippen LogP contribution in [0.1, 0.15) is 83.8 Å². The second kappa shape index (κ2) is 12.9. The van der Waals surface area contributed by atoms with E-state index in [1.807, 2.05) is 29.1 Å². The van der Waals surface area contributed by atoms with Gasteiger partial charge >= 0.3 is 0 Å². The van der Waals surface area contributed by atoms with Gasteiger partial charge in [0.25, 0.3) is 0 Å². The van der Waals surface area contributed by atoms with Crippen LogP contribution >= 0.6 is 0 Å². The topological polar surface area (TPSA) is 44.9 Å². The lowest BCUT2D eigenvalue weighted by Crippen LogP contribution is -2.22. The fourth-order valence-electron chi connectivity index (χ4n) is 7.39. The van der Waals surface area contributed by atoms with Crippen molar-refractivity contribution in [2.24, 2.45) is 11.3 Å². The first-order valence-electron chi connectivity index (χ1n) is 18.2. The average Bonchev–Trinajstić information content (AvgIpc) is 3.59. The number of aromatic nitrogens is 4. The molecule has 0 spiro atoms.